The molecule has 0 bridgehead atoms. The van der Waals surface area contributed by atoms with Crippen molar-refractivity contribution in [3.63, 3.8) is 0 Å². The van der Waals surface area contributed by atoms with Crippen LogP contribution >= 0.6 is 0 Å². The molecule has 0 unspecified atom stereocenters. The van der Waals surface area contributed by atoms with Gasteiger partial charge in [0.2, 0.25) is 0 Å². The van der Waals surface area contributed by atoms with E-state index in [0.29, 0.717) is 44.6 Å². The summed E-state index contributed by atoms with van der Waals surface area (Å²) in [6, 6.07) is 0. The Morgan fingerprint density at radius 2 is 1.75 bits per heavy atom. The number of hydrogen-bond acceptors (Lipinski definition) is 8. The first-order valence-electron chi connectivity index (χ1n) is 16.9. The van der Waals surface area contributed by atoms with Gasteiger partial charge in [-0.1, -0.05) is 13.8 Å². The van der Waals surface area contributed by atoms with Gasteiger partial charge in [0.15, 0.2) is 6.61 Å². The third-order valence-electron chi connectivity index (χ3n) is 9.35. The number of imidazole rings is 2. The van der Waals surface area contributed by atoms with Gasteiger partial charge < -0.3 is 29.0 Å². The Morgan fingerprint density at radius 3 is 2.43 bits per heavy atom. The number of aromatic nitrogens is 4. The highest BCUT2D eigenvalue weighted by molar-refractivity contribution is 5.80. The Hall–Kier alpha value is -2.76. The molecule has 4 heterocycles. The summed E-state index contributed by atoms with van der Waals surface area (Å²) in [5.41, 5.74) is 0.535. The van der Waals surface area contributed by atoms with Crippen LogP contribution in [0.2, 0.25) is 0 Å². The van der Waals surface area contributed by atoms with E-state index in [4.69, 9.17) is 9.72 Å². The molecule has 246 valence electrons. The highest BCUT2D eigenvalue weighted by atomic mass is 16.5. The normalized spacial score (nSPS) is 17.2. The minimum atomic E-state index is -0.338. The van der Waals surface area contributed by atoms with Crippen molar-refractivity contribution in [1.29, 1.82) is 0 Å². The summed E-state index contributed by atoms with van der Waals surface area (Å²) >= 11 is 0. The topological polar surface area (TPSA) is 103 Å². The van der Waals surface area contributed by atoms with Gasteiger partial charge in [0.1, 0.15) is 11.6 Å². The van der Waals surface area contributed by atoms with E-state index in [0.717, 1.165) is 37.1 Å². The molecule has 1 spiro atoms. The highest BCUT2D eigenvalue weighted by Crippen LogP contribution is 2.40. The lowest BCUT2D eigenvalue weighted by molar-refractivity contribution is -0.152. The number of nitrogens with zero attached hydrogens (tertiary/aromatic N) is 7. The third kappa shape index (κ3) is 10.4. The van der Waals surface area contributed by atoms with Crippen molar-refractivity contribution in [2.24, 2.45) is 11.3 Å². The number of rotatable bonds is 18. The van der Waals surface area contributed by atoms with Crippen LogP contribution in [0, 0.1) is 11.3 Å². The molecule has 2 aliphatic rings. The number of piperidine rings is 1. The van der Waals surface area contributed by atoms with Crippen LogP contribution in [0.5, 0.6) is 0 Å². The number of likely N-dealkylation sites (tertiary alicyclic amines) is 2. The molecule has 0 saturated carbocycles. The Balaban J connectivity index is 1.21. The lowest BCUT2D eigenvalue weighted by Gasteiger charge is -2.40. The van der Waals surface area contributed by atoms with Crippen molar-refractivity contribution in [1.82, 2.24) is 39.1 Å². The monoisotopic (exact) mass is 612 g/mol. The standard InChI is InChI=1S/C33H56N8O3/c1-5-40(6-2)31(42)26-44-32(43)9-7-16-39(24-29-34-13-14-35-29)25-30-36-15-22-41(30)18-8-17-38-21-12-33(27-38)10-19-37(20-11-33)23-28(3)4/h13-15,22,28H,5-12,16-21,23-27H2,1-4H3,(H,34,35). The summed E-state index contributed by atoms with van der Waals surface area (Å²) in [4.78, 5) is 46.1. The van der Waals surface area contributed by atoms with Gasteiger partial charge >= 0.3 is 5.97 Å². The van der Waals surface area contributed by atoms with E-state index in [2.05, 4.69) is 49.3 Å². The average Bonchev–Trinajstić information content (AvgIpc) is 3.77. The van der Waals surface area contributed by atoms with E-state index in [1.54, 1.807) is 11.1 Å². The molecule has 1 N–H and O–H groups in total. The molecule has 4 rings (SSSR count). The number of ether oxygens (including phenoxy) is 1. The second-order valence-corrected chi connectivity index (χ2v) is 13.2. The highest BCUT2D eigenvalue weighted by Gasteiger charge is 2.40. The van der Waals surface area contributed by atoms with E-state index < -0.39 is 0 Å². The van der Waals surface area contributed by atoms with Crippen LogP contribution in [0.25, 0.3) is 0 Å². The van der Waals surface area contributed by atoms with Gasteiger partial charge in [-0.15, -0.1) is 0 Å². The number of carbonyl (C=O) groups excluding carboxylic acids is 2. The fourth-order valence-electron chi connectivity index (χ4n) is 6.85. The fraction of sp³-hybridized carbons (Fsp3) is 0.758. The second kappa shape index (κ2) is 17.1. The number of aryl methyl sites for hydroxylation is 1. The van der Waals surface area contributed by atoms with Crippen LogP contribution in [0.3, 0.4) is 0 Å². The van der Waals surface area contributed by atoms with Crippen molar-refractivity contribution in [3.05, 3.63) is 36.4 Å². The molecular formula is C33H56N8O3. The Labute approximate surface area is 264 Å². The first kappa shape index (κ1) is 34.1. The van der Waals surface area contributed by atoms with E-state index in [-0.39, 0.29) is 24.9 Å². The van der Waals surface area contributed by atoms with Crippen LogP contribution in [0.1, 0.15) is 77.9 Å². The van der Waals surface area contributed by atoms with E-state index in [1.807, 2.05) is 26.2 Å². The van der Waals surface area contributed by atoms with Gasteiger partial charge in [-0.25, -0.2) is 9.97 Å². The van der Waals surface area contributed by atoms with Gasteiger partial charge in [0.25, 0.3) is 5.91 Å². The molecule has 0 aromatic carbocycles. The lowest BCUT2D eigenvalue weighted by Crippen LogP contribution is -2.42. The maximum Gasteiger partial charge on any atom is 0.306 e. The van der Waals surface area contributed by atoms with Crippen molar-refractivity contribution >= 4 is 11.9 Å². The molecule has 2 aliphatic heterocycles. The predicted octanol–water partition coefficient (Wildman–Crippen LogP) is 3.63. The quantitative estimate of drug-likeness (QED) is 0.255. The van der Waals surface area contributed by atoms with Crippen LogP contribution in [0.4, 0.5) is 0 Å². The number of esters is 1. The number of carbonyl (C=O) groups is 2. The maximum absolute atomic E-state index is 12.3. The molecule has 2 aromatic rings. The Kier molecular flexibility index (Phi) is 13.2. The summed E-state index contributed by atoms with van der Waals surface area (Å²) in [6.45, 7) is 19.8. The number of amides is 1. The summed E-state index contributed by atoms with van der Waals surface area (Å²) in [7, 11) is 0. The molecule has 0 atom stereocenters. The fourth-order valence-corrected chi connectivity index (χ4v) is 6.85. The number of aromatic amines is 1. The van der Waals surface area contributed by atoms with E-state index in [9.17, 15) is 9.59 Å². The minimum Gasteiger partial charge on any atom is -0.456 e. The van der Waals surface area contributed by atoms with Gasteiger partial charge in [-0.05, 0) is 90.0 Å². The number of nitrogens with one attached hydrogen (secondary N) is 1. The van der Waals surface area contributed by atoms with Crippen LogP contribution in [-0.4, -0.2) is 117 Å². The zero-order valence-corrected chi connectivity index (χ0v) is 27.7. The zero-order chi connectivity index (χ0) is 31.4. The zero-order valence-electron chi connectivity index (χ0n) is 27.7. The van der Waals surface area contributed by atoms with Gasteiger partial charge in [-0.2, -0.15) is 0 Å². The Morgan fingerprint density at radius 1 is 1.00 bits per heavy atom. The van der Waals surface area contributed by atoms with E-state index >= 15 is 0 Å². The van der Waals surface area contributed by atoms with Crippen molar-refractivity contribution in [3.8, 4) is 0 Å². The average molecular weight is 613 g/mol. The molecule has 2 saturated heterocycles. The molecule has 11 heteroatoms. The molecule has 44 heavy (non-hydrogen) atoms. The lowest BCUT2D eigenvalue weighted by atomic mass is 9.77. The molecule has 0 aliphatic carbocycles. The maximum atomic E-state index is 12.3. The summed E-state index contributed by atoms with van der Waals surface area (Å²) in [5.74, 6) is 2.17. The predicted molar refractivity (Wildman–Crippen MR) is 172 cm³/mol. The van der Waals surface area contributed by atoms with Gasteiger partial charge in [-0.3, -0.25) is 14.5 Å². The third-order valence-corrected chi connectivity index (χ3v) is 9.35. The molecular weight excluding hydrogens is 556 g/mol. The van der Waals surface area contributed by atoms with Crippen molar-refractivity contribution < 1.29 is 14.3 Å². The first-order chi connectivity index (χ1) is 21.3. The number of H-pyrrole nitrogens is 1. The van der Waals surface area contributed by atoms with Crippen LogP contribution < -0.4 is 0 Å². The smallest absolute Gasteiger partial charge is 0.306 e. The Bertz CT molecular complexity index is 1120. The largest absolute Gasteiger partial charge is 0.456 e. The van der Waals surface area contributed by atoms with Crippen molar-refractivity contribution in [2.75, 3.05) is 65.5 Å². The first-order valence-corrected chi connectivity index (χ1v) is 16.9. The summed E-state index contributed by atoms with van der Waals surface area (Å²) in [5, 5.41) is 0. The van der Waals surface area contributed by atoms with Gasteiger partial charge in [0.05, 0.1) is 13.1 Å². The van der Waals surface area contributed by atoms with E-state index in [1.165, 1.54) is 52.0 Å². The van der Waals surface area contributed by atoms with Gasteiger partial charge in [0, 0.05) is 63.9 Å². The minimum absolute atomic E-state index is 0.152. The molecule has 2 aromatic heterocycles. The number of hydrogen-bond donors (Lipinski definition) is 1. The summed E-state index contributed by atoms with van der Waals surface area (Å²) in [6.07, 6.45) is 13.6. The molecule has 0 radical (unpaired) electrons. The SMILES string of the molecule is CCN(CC)C(=O)COC(=O)CCCN(Cc1ncc[nH]1)Cc1nccn1CCCN1CCC2(CCN(CC(C)C)CC2)C1. The molecule has 1 amide bonds. The number of likely N-dealkylation sites (N-methyl/N-ethyl adjacent to an activating group) is 1. The van der Waals surface area contributed by atoms with Crippen molar-refractivity contribution in [2.45, 2.75) is 85.9 Å². The molecule has 2 fully saturated rings. The molecule has 11 nitrogen and oxygen atoms in total. The van der Waals surface area contributed by atoms with Crippen LogP contribution in [-0.2, 0) is 34.0 Å². The van der Waals surface area contributed by atoms with Crippen LogP contribution in [0.15, 0.2) is 24.8 Å². The summed E-state index contributed by atoms with van der Waals surface area (Å²) < 4.78 is 7.53. The second-order valence-electron chi connectivity index (χ2n) is 13.2.